The highest BCUT2D eigenvalue weighted by Gasteiger charge is 2.64. The number of carbonyl (C=O) groups excluding carboxylic acids is 1. The Kier molecular flexibility index (Phi) is 4.49. The van der Waals surface area contributed by atoms with Gasteiger partial charge >= 0.3 is 6.09 Å². The Bertz CT molecular complexity index is 728. The molecule has 0 aromatic heterocycles. The number of amides is 1. The number of ether oxygens (including phenoxy) is 4. The van der Waals surface area contributed by atoms with Gasteiger partial charge < -0.3 is 23.8 Å². The number of fused-ring (bicyclic) bond motifs is 3. The second-order valence-corrected chi connectivity index (χ2v) is 8.79. The molecule has 0 spiro atoms. The van der Waals surface area contributed by atoms with Crippen LogP contribution in [0.4, 0.5) is 4.79 Å². The van der Waals surface area contributed by atoms with Gasteiger partial charge in [-0.25, -0.2) is 4.79 Å². The Morgan fingerprint density at radius 1 is 1.19 bits per heavy atom. The third kappa shape index (κ3) is 3.47. The second kappa shape index (κ2) is 6.59. The van der Waals surface area contributed by atoms with Crippen LogP contribution in [0.5, 0.6) is 11.5 Å². The minimum Gasteiger partial charge on any atom is -0.497 e. The van der Waals surface area contributed by atoms with E-state index in [0.717, 1.165) is 29.9 Å². The molecule has 6 heteroatoms. The van der Waals surface area contributed by atoms with E-state index < -0.39 is 5.60 Å². The number of methoxy groups -OCH3 is 2. The van der Waals surface area contributed by atoms with Crippen molar-refractivity contribution in [2.75, 3.05) is 14.2 Å². The summed E-state index contributed by atoms with van der Waals surface area (Å²) in [6.45, 7) is 6.17. The summed E-state index contributed by atoms with van der Waals surface area (Å²) in [6.07, 6.45) is 2.64. The summed E-state index contributed by atoms with van der Waals surface area (Å²) in [5, 5.41) is 0. The zero-order valence-corrected chi connectivity index (χ0v) is 16.7. The lowest BCUT2D eigenvalue weighted by atomic mass is 9.70. The molecular formula is C21H29NO5. The molecule has 2 saturated carbocycles. The summed E-state index contributed by atoms with van der Waals surface area (Å²) in [6, 6.07) is 5.91. The van der Waals surface area contributed by atoms with Crippen LogP contribution in [0, 0.1) is 11.8 Å². The topological polar surface area (TPSA) is 60.5 Å². The minimum absolute atomic E-state index is 0.202. The molecule has 0 N–H and O–H groups in total. The van der Waals surface area contributed by atoms with Crippen molar-refractivity contribution in [3.63, 3.8) is 0 Å². The number of epoxide rings is 1. The van der Waals surface area contributed by atoms with Gasteiger partial charge in [-0.1, -0.05) is 0 Å². The summed E-state index contributed by atoms with van der Waals surface area (Å²) in [5.74, 6) is 2.57. The first-order valence-electron chi connectivity index (χ1n) is 9.66. The second-order valence-electron chi connectivity index (χ2n) is 8.79. The highest BCUT2D eigenvalue weighted by atomic mass is 16.6. The van der Waals surface area contributed by atoms with Crippen LogP contribution < -0.4 is 9.47 Å². The van der Waals surface area contributed by atoms with E-state index in [0.29, 0.717) is 30.6 Å². The van der Waals surface area contributed by atoms with Gasteiger partial charge in [0, 0.05) is 17.7 Å². The van der Waals surface area contributed by atoms with Gasteiger partial charge in [0.05, 0.1) is 33.0 Å². The normalized spacial score (nSPS) is 30.6. The molecule has 1 amide bonds. The number of carbonyl (C=O) groups is 1. The first kappa shape index (κ1) is 18.4. The maximum absolute atomic E-state index is 13.0. The van der Waals surface area contributed by atoms with Gasteiger partial charge in [-0.2, -0.15) is 0 Å². The molecule has 1 aliphatic heterocycles. The van der Waals surface area contributed by atoms with E-state index in [1.54, 1.807) is 14.2 Å². The Hall–Kier alpha value is -1.95. The lowest BCUT2D eigenvalue weighted by Crippen LogP contribution is -2.55. The van der Waals surface area contributed by atoms with Crippen LogP contribution in [-0.2, 0) is 16.0 Å². The van der Waals surface area contributed by atoms with Crippen LogP contribution >= 0.6 is 0 Å². The first-order valence-corrected chi connectivity index (χ1v) is 9.66. The molecule has 3 fully saturated rings. The number of hydrogen-bond acceptors (Lipinski definition) is 5. The van der Waals surface area contributed by atoms with Crippen LogP contribution in [-0.4, -0.2) is 49.1 Å². The minimum atomic E-state index is -0.524. The zero-order chi connectivity index (χ0) is 19.3. The van der Waals surface area contributed by atoms with Gasteiger partial charge in [0.15, 0.2) is 0 Å². The summed E-state index contributed by atoms with van der Waals surface area (Å²) in [7, 11) is 3.26. The van der Waals surface area contributed by atoms with Crippen molar-refractivity contribution < 1.29 is 23.7 Å². The molecule has 27 heavy (non-hydrogen) atoms. The lowest BCUT2D eigenvalue weighted by molar-refractivity contribution is -0.0391. The molecule has 1 saturated heterocycles. The van der Waals surface area contributed by atoms with Crippen LogP contribution in [0.1, 0.15) is 39.2 Å². The maximum Gasteiger partial charge on any atom is 0.410 e. The van der Waals surface area contributed by atoms with Crippen molar-refractivity contribution in [1.29, 1.82) is 0 Å². The number of benzene rings is 1. The molecule has 3 aliphatic rings. The fraction of sp³-hybridized carbons (Fsp3) is 0.667. The van der Waals surface area contributed by atoms with Crippen LogP contribution in [0.15, 0.2) is 18.2 Å². The lowest BCUT2D eigenvalue weighted by Gasteiger charge is -2.48. The van der Waals surface area contributed by atoms with E-state index in [1.807, 2.05) is 43.9 Å². The fourth-order valence-corrected chi connectivity index (χ4v) is 4.58. The predicted molar refractivity (Wildman–Crippen MR) is 100.0 cm³/mol. The molecule has 4 rings (SSSR count). The Labute approximate surface area is 160 Å². The van der Waals surface area contributed by atoms with Gasteiger partial charge in [0.1, 0.15) is 17.1 Å². The standard InChI is InChI=1S/C21H29NO5/c1-21(2,3)27-20(23)22(16-9-15-14(16)10-18-19(15)26-18)11-12-6-7-13(24-4)8-17(12)25-5/h6-8,14-16,18-19H,9-11H2,1-5H3/t14-,15-,16+,18-,19+/m1/s1. The van der Waals surface area contributed by atoms with Crippen molar-refractivity contribution in [2.24, 2.45) is 11.8 Å². The molecule has 0 unspecified atom stereocenters. The Balaban J connectivity index is 1.56. The maximum atomic E-state index is 13.0. The van der Waals surface area contributed by atoms with Crippen molar-refractivity contribution in [3.05, 3.63) is 23.8 Å². The van der Waals surface area contributed by atoms with E-state index in [9.17, 15) is 4.79 Å². The Morgan fingerprint density at radius 2 is 1.96 bits per heavy atom. The van der Waals surface area contributed by atoms with Crippen molar-refractivity contribution >= 4 is 6.09 Å². The van der Waals surface area contributed by atoms with Crippen LogP contribution in [0.25, 0.3) is 0 Å². The molecule has 2 aliphatic carbocycles. The number of nitrogens with zero attached hydrogens (tertiary/aromatic N) is 1. The quantitative estimate of drug-likeness (QED) is 0.736. The van der Waals surface area contributed by atoms with Gasteiger partial charge in [-0.3, -0.25) is 0 Å². The zero-order valence-electron chi connectivity index (χ0n) is 16.7. The van der Waals surface area contributed by atoms with Crippen molar-refractivity contribution in [3.8, 4) is 11.5 Å². The number of rotatable bonds is 5. The van der Waals surface area contributed by atoms with E-state index in [1.165, 1.54) is 0 Å². The molecule has 1 aromatic carbocycles. The van der Waals surface area contributed by atoms with Gasteiger partial charge in [-0.05, 0) is 57.6 Å². The Morgan fingerprint density at radius 3 is 2.59 bits per heavy atom. The molecule has 1 aromatic rings. The summed E-state index contributed by atoms with van der Waals surface area (Å²) in [5.41, 5.74) is 0.427. The average Bonchev–Trinajstić information content (AvgIpc) is 3.29. The van der Waals surface area contributed by atoms with Gasteiger partial charge in [-0.15, -0.1) is 0 Å². The van der Waals surface area contributed by atoms with E-state index in [2.05, 4.69) is 0 Å². The summed E-state index contributed by atoms with van der Waals surface area (Å²) >= 11 is 0. The third-order valence-electron chi connectivity index (χ3n) is 5.97. The van der Waals surface area contributed by atoms with Gasteiger partial charge in [0.2, 0.25) is 0 Å². The predicted octanol–water partition coefficient (Wildman–Crippen LogP) is 3.62. The molecule has 0 radical (unpaired) electrons. The van der Waals surface area contributed by atoms with Crippen molar-refractivity contribution in [2.45, 2.75) is 64.0 Å². The summed E-state index contributed by atoms with van der Waals surface area (Å²) in [4.78, 5) is 14.9. The van der Waals surface area contributed by atoms with Crippen LogP contribution in [0.3, 0.4) is 0 Å². The van der Waals surface area contributed by atoms with E-state index in [4.69, 9.17) is 18.9 Å². The fourth-order valence-electron chi connectivity index (χ4n) is 4.58. The van der Waals surface area contributed by atoms with E-state index >= 15 is 0 Å². The molecule has 1 heterocycles. The summed E-state index contributed by atoms with van der Waals surface area (Å²) < 4.78 is 22.2. The molecule has 6 nitrogen and oxygen atoms in total. The monoisotopic (exact) mass is 375 g/mol. The third-order valence-corrected chi connectivity index (χ3v) is 5.97. The smallest absolute Gasteiger partial charge is 0.410 e. The SMILES string of the molecule is COc1ccc(CN(C(=O)OC(C)(C)C)[C@H]2C[C@@H]3[C@H]2C[C@H]2O[C@@H]32)c(OC)c1. The molecule has 148 valence electrons. The van der Waals surface area contributed by atoms with Gasteiger partial charge in [0.25, 0.3) is 0 Å². The van der Waals surface area contributed by atoms with Crippen LogP contribution in [0.2, 0.25) is 0 Å². The molecule has 0 bridgehead atoms. The largest absolute Gasteiger partial charge is 0.497 e. The first-order chi connectivity index (χ1) is 12.8. The van der Waals surface area contributed by atoms with E-state index in [-0.39, 0.29) is 12.1 Å². The molecular weight excluding hydrogens is 346 g/mol. The highest BCUT2D eigenvalue weighted by molar-refractivity contribution is 5.69. The number of hydrogen-bond donors (Lipinski definition) is 0. The molecule has 5 atom stereocenters. The average molecular weight is 375 g/mol. The highest BCUT2D eigenvalue weighted by Crippen LogP contribution is 2.58. The van der Waals surface area contributed by atoms with Crippen molar-refractivity contribution in [1.82, 2.24) is 4.90 Å².